The van der Waals surface area contributed by atoms with Gasteiger partial charge in [-0.3, -0.25) is 9.69 Å². The summed E-state index contributed by atoms with van der Waals surface area (Å²) in [5.74, 6) is 0.433. The second kappa shape index (κ2) is 7.95. The van der Waals surface area contributed by atoms with Gasteiger partial charge in [-0.2, -0.15) is 0 Å². The van der Waals surface area contributed by atoms with E-state index in [0.717, 1.165) is 38.9 Å². The molecule has 1 aliphatic carbocycles. The molecule has 1 atom stereocenters. The molecule has 1 unspecified atom stereocenters. The molecule has 0 N–H and O–H groups in total. The van der Waals surface area contributed by atoms with Crippen molar-refractivity contribution in [3.05, 3.63) is 60.2 Å². The topological polar surface area (TPSA) is 23.6 Å². The summed E-state index contributed by atoms with van der Waals surface area (Å²) in [4.78, 5) is 18.3. The van der Waals surface area contributed by atoms with Crippen molar-refractivity contribution >= 4 is 5.91 Å². The number of likely N-dealkylation sites (tertiary alicyclic amines) is 2. The second-order valence-corrected chi connectivity index (χ2v) is 9.16. The van der Waals surface area contributed by atoms with Crippen LogP contribution in [0.4, 0.5) is 0 Å². The highest BCUT2D eigenvalue weighted by Crippen LogP contribution is 2.41. The van der Waals surface area contributed by atoms with Gasteiger partial charge in [0.25, 0.3) is 0 Å². The maximum absolute atomic E-state index is 13.6. The molecule has 3 nitrogen and oxygen atoms in total. The molecule has 1 spiro atoms. The van der Waals surface area contributed by atoms with Gasteiger partial charge in [-0.05, 0) is 55.3 Å². The standard InChI is InChI=1S/C26H32N2O/c29-25-26(17-19-28(25)24-10-5-2-6-11-24)16-7-18-27(26)20-21-12-14-23(15-13-21)22-8-3-1-4-9-22/h1,3-4,8-9,12-15,24H,2,5-7,10-11,16-20H2. The molecule has 2 aliphatic heterocycles. The van der Waals surface area contributed by atoms with Crippen molar-refractivity contribution in [3.63, 3.8) is 0 Å². The van der Waals surface area contributed by atoms with Gasteiger partial charge in [0.05, 0.1) is 0 Å². The maximum atomic E-state index is 13.6. The summed E-state index contributed by atoms with van der Waals surface area (Å²) >= 11 is 0. The summed E-state index contributed by atoms with van der Waals surface area (Å²) in [6.45, 7) is 2.90. The van der Waals surface area contributed by atoms with Crippen LogP contribution in [0.15, 0.2) is 54.6 Å². The van der Waals surface area contributed by atoms with Gasteiger partial charge in [0.2, 0.25) is 5.91 Å². The number of hydrogen-bond acceptors (Lipinski definition) is 2. The van der Waals surface area contributed by atoms with Crippen LogP contribution in [0.5, 0.6) is 0 Å². The Hall–Kier alpha value is -2.13. The van der Waals surface area contributed by atoms with E-state index in [1.54, 1.807) is 0 Å². The monoisotopic (exact) mass is 388 g/mol. The van der Waals surface area contributed by atoms with E-state index >= 15 is 0 Å². The number of rotatable bonds is 4. The summed E-state index contributed by atoms with van der Waals surface area (Å²) in [6, 6.07) is 20.0. The van der Waals surface area contributed by atoms with Gasteiger partial charge in [-0.1, -0.05) is 73.9 Å². The van der Waals surface area contributed by atoms with Crippen LogP contribution in [0.2, 0.25) is 0 Å². The van der Waals surface area contributed by atoms with Gasteiger partial charge in [-0.25, -0.2) is 0 Å². The molecule has 3 aliphatic rings. The molecule has 0 aromatic heterocycles. The number of carbonyl (C=O) groups excluding carboxylic acids is 1. The fourth-order valence-corrected chi connectivity index (χ4v) is 5.87. The smallest absolute Gasteiger partial charge is 0.243 e. The van der Waals surface area contributed by atoms with E-state index in [1.165, 1.54) is 48.8 Å². The Morgan fingerprint density at radius 3 is 2.28 bits per heavy atom. The normalized spacial score (nSPS) is 25.9. The van der Waals surface area contributed by atoms with E-state index < -0.39 is 0 Å². The molecule has 3 fully saturated rings. The van der Waals surface area contributed by atoms with Crippen LogP contribution >= 0.6 is 0 Å². The highest BCUT2D eigenvalue weighted by Gasteiger charge is 2.54. The lowest BCUT2D eigenvalue weighted by Crippen LogP contribution is -2.51. The Balaban J connectivity index is 1.30. The van der Waals surface area contributed by atoms with E-state index in [1.807, 2.05) is 0 Å². The summed E-state index contributed by atoms with van der Waals surface area (Å²) in [7, 11) is 0. The molecular formula is C26H32N2O. The van der Waals surface area contributed by atoms with E-state index in [9.17, 15) is 4.79 Å². The summed E-state index contributed by atoms with van der Waals surface area (Å²) in [5.41, 5.74) is 3.60. The first-order chi connectivity index (χ1) is 14.3. The highest BCUT2D eigenvalue weighted by atomic mass is 16.2. The van der Waals surface area contributed by atoms with Crippen molar-refractivity contribution < 1.29 is 4.79 Å². The molecule has 1 saturated carbocycles. The van der Waals surface area contributed by atoms with Crippen LogP contribution in [0.3, 0.4) is 0 Å². The molecule has 2 aromatic carbocycles. The predicted molar refractivity (Wildman–Crippen MR) is 117 cm³/mol. The van der Waals surface area contributed by atoms with Gasteiger partial charge in [-0.15, -0.1) is 0 Å². The zero-order valence-electron chi connectivity index (χ0n) is 17.4. The summed E-state index contributed by atoms with van der Waals surface area (Å²) < 4.78 is 0. The van der Waals surface area contributed by atoms with E-state index in [4.69, 9.17) is 0 Å². The average molecular weight is 389 g/mol. The van der Waals surface area contributed by atoms with E-state index in [0.29, 0.717) is 11.9 Å². The van der Waals surface area contributed by atoms with E-state index in [-0.39, 0.29) is 5.54 Å². The molecular weight excluding hydrogens is 356 g/mol. The van der Waals surface area contributed by atoms with Gasteiger partial charge >= 0.3 is 0 Å². The average Bonchev–Trinajstić information content (AvgIpc) is 3.34. The number of hydrogen-bond donors (Lipinski definition) is 0. The van der Waals surface area contributed by atoms with Crippen LogP contribution in [0.25, 0.3) is 11.1 Å². The first-order valence-corrected chi connectivity index (χ1v) is 11.5. The molecule has 1 amide bonds. The van der Waals surface area contributed by atoms with Crippen molar-refractivity contribution in [1.29, 1.82) is 0 Å². The number of nitrogens with zero attached hydrogens (tertiary/aromatic N) is 2. The summed E-state index contributed by atoms with van der Waals surface area (Å²) in [5, 5.41) is 0. The van der Waals surface area contributed by atoms with Gasteiger partial charge in [0.1, 0.15) is 5.54 Å². The fraction of sp³-hybridized carbons (Fsp3) is 0.500. The first kappa shape index (κ1) is 18.9. The molecule has 0 radical (unpaired) electrons. The van der Waals surface area contributed by atoms with Crippen LogP contribution in [-0.2, 0) is 11.3 Å². The third kappa shape index (κ3) is 3.50. The Bertz CT molecular complexity index is 841. The number of benzene rings is 2. The molecule has 2 saturated heterocycles. The van der Waals surface area contributed by atoms with Crippen molar-refractivity contribution in [1.82, 2.24) is 9.80 Å². The molecule has 3 heteroatoms. The number of amides is 1. The van der Waals surface area contributed by atoms with Gasteiger partial charge in [0, 0.05) is 19.1 Å². The van der Waals surface area contributed by atoms with Crippen molar-refractivity contribution in [3.8, 4) is 11.1 Å². The second-order valence-electron chi connectivity index (χ2n) is 9.16. The molecule has 5 rings (SSSR count). The first-order valence-electron chi connectivity index (χ1n) is 11.5. The van der Waals surface area contributed by atoms with Crippen molar-refractivity contribution in [2.45, 2.75) is 69.5 Å². The lowest BCUT2D eigenvalue weighted by Gasteiger charge is -2.36. The third-order valence-electron chi connectivity index (χ3n) is 7.50. The third-order valence-corrected chi connectivity index (χ3v) is 7.50. The molecule has 2 aromatic rings. The SMILES string of the molecule is O=C1N(C2CCCCC2)CCC12CCCN2Cc1ccc(-c2ccccc2)cc1. The minimum Gasteiger partial charge on any atom is -0.338 e. The molecule has 29 heavy (non-hydrogen) atoms. The van der Waals surface area contributed by atoms with Crippen LogP contribution < -0.4 is 0 Å². The molecule has 0 bridgehead atoms. The summed E-state index contributed by atoms with van der Waals surface area (Å²) in [6.07, 6.45) is 9.55. The Kier molecular flexibility index (Phi) is 5.17. The Morgan fingerprint density at radius 2 is 1.52 bits per heavy atom. The lowest BCUT2D eigenvalue weighted by atomic mass is 9.92. The highest BCUT2D eigenvalue weighted by molar-refractivity contribution is 5.89. The van der Waals surface area contributed by atoms with E-state index in [2.05, 4.69) is 64.4 Å². The molecule has 152 valence electrons. The van der Waals surface area contributed by atoms with Crippen LogP contribution in [-0.4, -0.2) is 40.4 Å². The molecule has 2 heterocycles. The zero-order chi connectivity index (χ0) is 19.7. The van der Waals surface area contributed by atoms with Crippen molar-refractivity contribution in [2.24, 2.45) is 0 Å². The number of carbonyl (C=O) groups is 1. The fourth-order valence-electron chi connectivity index (χ4n) is 5.87. The largest absolute Gasteiger partial charge is 0.338 e. The Labute approximate surface area is 174 Å². The Morgan fingerprint density at radius 1 is 0.793 bits per heavy atom. The van der Waals surface area contributed by atoms with Crippen LogP contribution in [0.1, 0.15) is 56.9 Å². The van der Waals surface area contributed by atoms with Gasteiger partial charge < -0.3 is 4.90 Å². The minimum atomic E-state index is -0.227. The quantitative estimate of drug-likeness (QED) is 0.714. The lowest BCUT2D eigenvalue weighted by molar-refractivity contribution is -0.139. The minimum absolute atomic E-state index is 0.227. The van der Waals surface area contributed by atoms with Crippen LogP contribution in [0, 0.1) is 0 Å². The zero-order valence-corrected chi connectivity index (χ0v) is 17.4. The van der Waals surface area contributed by atoms with Gasteiger partial charge in [0.15, 0.2) is 0 Å². The predicted octanol–water partition coefficient (Wildman–Crippen LogP) is 5.25. The van der Waals surface area contributed by atoms with Crippen molar-refractivity contribution in [2.75, 3.05) is 13.1 Å². The maximum Gasteiger partial charge on any atom is 0.243 e.